The summed E-state index contributed by atoms with van der Waals surface area (Å²) in [6.45, 7) is 1.74. The normalized spacial score (nSPS) is 30.5. The van der Waals surface area contributed by atoms with Crippen LogP contribution in [0.2, 0.25) is 0 Å². The van der Waals surface area contributed by atoms with Gasteiger partial charge in [0, 0.05) is 30.5 Å². The zero-order valence-electron chi connectivity index (χ0n) is 15.6. The van der Waals surface area contributed by atoms with Crippen LogP contribution in [-0.2, 0) is 4.79 Å². The Morgan fingerprint density at radius 1 is 1.04 bits per heavy atom. The largest absolute Gasteiger partial charge is 0.337 e. The first-order valence-corrected chi connectivity index (χ1v) is 10.5. The highest BCUT2D eigenvalue weighted by Crippen LogP contribution is 2.38. The number of carbonyl (C=O) groups excluding carboxylic acids is 1. The Morgan fingerprint density at radius 3 is 2.62 bits per heavy atom. The van der Waals surface area contributed by atoms with Gasteiger partial charge >= 0.3 is 0 Å². The lowest BCUT2D eigenvalue weighted by Crippen LogP contribution is -2.48. The van der Waals surface area contributed by atoms with Crippen molar-refractivity contribution in [3.63, 3.8) is 0 Å². The SMILES string of the molecule is O=C(C1CCCCC1)N1C[C@@H](c2cccc(F)c2)[C@@H]2NCCCCC[C@H]21. The third kappa shape index (κ3) is 3.66. The van der Waals surface area contributed by atoms with E-state index < -0.39 is 0 Å². The van der Waals surface area contributed by atoms with Crippen LogP contribution in [-0.4, -0.2) is 36.0 Å². The van der Waals surface area contributed by atoms with Gasteiger partial charge in [-0.25, -0.2) is 4.39 Å². The Morgan fingerprint density at radius 2 is 1.81 bits per heavy atom. The summed E-state index contributed by atoms with van der Waals surface area (Å²) >= 11 is 0. The molecule has 1 N–H and O–H groups in total. The molecule has 4 heteroatoms. The molecule has 3 atom stereocenters. The van der Waals surface area contributed by atoms with Crippen molar-refractivity contribution >= 4 is 5.91 Å². The molecule has 2 saturated heterocycles. The fraction of sp³-hybridized carbons (Fsp3) is 0.682. The Labute approximate surface area is 156 Å². The highest BCUT2D eigenvalue weighted by Gasteiger charge is 2.45. The zero-order valence-corrected chi connectivity index (χ0v) is 15.6. The van der Waals surface area contributed by atoms with Crippen LogP contribution in [0.5, 0.6) is 0 Å². The second-order valence-electron chi connectivity index (χ2n) is 8.38. The topological polar surface area (TPSA) is 32.3 Å². The molecular formula is C22H31FN2O. The lowest BCUT2D eigenvalue weighted by Gasteiger charge is -2.34. The van der Waals surface area contributed by atoms with Crippen molar-refractivity contribution < 1.29 is 9.18 Å². The Balaban J connectivity index is 1.60. The molecule has 1 aromatic rings. The third-order valence-corrected chi connectivity index (χ3v) is 6.71. The molecule has 3 aliphatic rings. The van der Waals surface area contributed by atoms with Gasteiger partial charge in [-0.15, -0.1) is 0 Å². The molecule has 0 spiro atoms. The Kier molecular flexibility index (Phi) is 5.58. The van der Waals surface area contributed by atoms with Crippen molar-refractivity contribution in [3.05, 3.63) is 35.6 Å². The van der Waals surface area contributed by atoms with E-state index in [1.54, 1.807) is 12.1 Å². The van der Waals surface area contributed by atoms with Gasteiger partial charge in [0.1, 0.15) is 5.82 Å². The minimum Gasteiger partial charge on any atom is -0.337 e. The molecule has 26 heavy (non-hydrogen) atoms. The van der Waals surface area contributed by atoms with E-state index in [-0.39, 0.29) is 29.7 Å². The number of likely N-dealkylation sites (tertiary alicyclic amines) is 1. The summed E-state index contributed by atoms with van der Waals surface area (Å²) in [6, 6.07) is 7.51. The second kappa shape index (κ2) is 8.08. The fourth-order valence-electron chi connectivity index (χ4n) is 5.35. The number of halogens is 1. The monoisotopic (exact) mass is 358 g/mol. The molecule has 3 nitrogen and oxygen atoms in total. The first-order valence-electron chi connectivity index (χ1n) is 10.5. The lowest BCUT2D eigenvalue weighted by molar-refractivity contribution is -0.137. The number of fused-ring (bicyclic) bond motifs is 1. The summed E-state index contributed by atoms with van der Waals surface area (Å²) in [5.74, 6) is 0.588. The molecule has 0 unspecified atom stereocenters. The second-order valence-corrected chi connectivity index (χ2v) is 8.38. The van der Waals surface area contributed by atoms with E-state index in [4.69, 9.17) is 0 Å². The predicted molar refractivity (Wildman–Crippen MR) is 101 cm³/mol. The molecule has 4 rings (SSSR count). The smallest absolute Gasteiger partial charge is 0.226 e. The van der Waals surface area contributed by atoms with Gasteiger partial charge in [-0.05, 0) is 49.9 Å². The van der Waals surface area contributed by atoms with Crippen molar-refractivity contribution in [2.24, 2.45) is 5.92 Å². The maximum Gasteiger partial charge on any atom is 0.226 e. The molecule has 1 amide bonds. The molecule has 2 heterocycles. The van der Waals surface area contributed by atoms with Gasteiger partial charge < -0.3 is 10.2 Å². The Hall–Kier alpha value is -1.42. The number of nitrogens with zero attached hydrogens (tertiary/aromatic N) is 1. The fourth-order valence-corrected chi connectivity index (χ4v) is 5.35. The van der Waals surface area contributed by atoms with E-state index in [1.807, 2.05) is 6.07 Å². The number of rotatable bonds is 2. The molecule has 142 valence electrons. The van der Waals surface area contributed by atoms with E-state index in [9.17, 15) is 9.18 Å². The van der Waals surface area contributed by atoms with Gasteiger partial charge in [-0.1, -0.05) is 44.2 Å². The number of nitrogens with one attached hydrogen (secondary N) is 1. The summed E-state index contributed by atoms with van der Waals surface area (Å²) in [6.07, 6.45) is 10.4. The van der Waals surface area contributed by atoms with Gasteiger partial charge in [0.15, 0.2) is 0 Å². The number of hydrogen-bond donors (Lipinski definition) is 1. The molecule has 1 aliphatic carbocycles. The highest BCUT2D eigenvalue weighted by molar-refractivity contribution is 5.80. The quantitative estimate of drug-likeness (QED) is 0.858. The van der Waals surface area contributed by atoms with Crippen molar-refractivity contribution in [2.75, 3.05) is 13.1 Å². The first-order chi connectivity index (χ1) is 12.7. The summed E-state index contributed by atoms with van der Waals surface area (Å²) in [4.78, 5) is 15.5. The van der Waals surface area contributed by atoms with Crippen LogP contribution in [0.3, 0.4) is 0 Å². The van der Waals surface area contributed by atoms with E-state index >= 15 is 0 Å². The number of carbonyl (C=O) groups is 1. The van der Waals surface area contributed by atoms with Crippen molar-refractivity contribution in [2.45, 2.75) is 75.8 Å². The summed E-state index contributed by atoms with van der Waals surface area (Å²) in [7, 11) is 0. The average molecular weight is 359 g/mol. The van der Waals surface area contributed by atoms with Crippen molar-refractivity contribution in [3.8, 4) is 0 Å². The van der Waals surface area contributed by atoms with Crippen LogP contribution in [0.4, 0.5) is 4.39 Å². The van der Waals surface area contributed by atoms with Crippen LogP contribution in [0, 0.1) is 11.7 Å². The van der Waals surface area contributed by atoms with E-state index in [1.165, 1.54) is 44.6 Å². The molecule has 3 fully saturated rings. The van der Waals surface area contributed by atoms with Crippen molar-refractivity contribution in [1.29, 1.82) is 0 Å². The minimum atomic E-state index is -0.179. The molecule has 1 saturated carbocycles. The summed E-state index contributed by atoms with van der Waals surface area (Å²) in [5, 5.41) is 3.72. The van der Waals surface area contributed by atoms with E-state index in [2.05, 4.69) is 10.2 Å². The summed E-state index contributed by atoms with van der Waals surface area (Å²) < 4.78 is 13.8. The van der Waals surface area contributed by atoms with E-state index in [0.29, 0.717) is 5.91 Å². The van der Waals surface area contributed by atoms with Gasteiger partial charge in [0.2, 0.25) is 5.91 Å². The highest BCUT2D eigenvalue weighted by atomic mass is 19.1. The van der Waals surface area contributed by atoms with Gasteiger partial charge in [0.05, 0.1) is 0 Å². The first kappa shape index (κ1) is 18.0. The number of amides is 1. The van der Waals surface area contributed by atoms with Crippen LogP contribution in [0.25, 0.3) is 0 Å². The number of benzene rings is 1. The molecule has 1 aromatic carbocycles. The summed E-state index contributed by atoms with van der Waals surface area (Å²) in [5.41, 5.74) is 1.03. The van der Waals surface area contributed by atoms with Gasteiger partial charge in [-0.3, -0.25) is 4.79 Å². The minimum absolute atomic E-state index is 0.179. The zero-order chi connectivity index (χ0) is 17.9. The molecular weight excluding hydrogens is 327 g/mol. The van der Waals surface area contributed by atoms with Gasteiger partial charge in [-0.2, -0.15) is 0 Å². The standard InChI is InChI=1S/C22H31FN2O/c23-18-11-7-10-17(14-18)19-15-25(22(26)16-8-3-1-4-9-16)20-12-5-2-6-13-24-21(19)20/h7,10-11,14,16,19-21,24H,1-6,8-9,12-13,15H2/t19-,20+,21-/m0/s1. The molecule has 0 aromatic heterocycles. The average Bonchev–Trinajstić information content (AvgIpc) is 2.99. The van der Waals surface area contributed by atoms with Gasteiger partial charge in [0.25, 0.3) is 0 Å². The third-order valence-electron chi connectivity index (χ3n) is 6.71. The lowest BCUT2D eigenvalue weighted by atomic mass is 9.87. The maximum atomic E-state index is 13.8. The van der Waals surface area contributed by atoms with Crippen molar-refractivity contribution in [1.82, 2.24) is 10.2 Å². The molecule has 2 aliphatic heterocycles. The van der Waals surface area contributed by atoms with Crippen LogP contribution >= 0.6 is 0 Å². The molecule has 0 bridgehead atoms. The predicted octanol–water partition coefficient (Wildman–Crippen LogP) is 4.23. The van der Waals surface area contributed by atoms with Crippen LogP contribution in [0.15, 0.2) is 24.3 Å². The number of hydrogen-bond acceptors (Lipinski definition) is 2. The van der Waals surface area contributed by atoms with E-state index in [0.717, 1.165) is 37.9 Å². The van der Waals surface area contributed by atoms with Crippen LogP contribution in [0.1, 0.15) is 69.3 Å². The van der Waals surface area contributed by atoms with Crippen LogP contribution < -0.4 is 5.32 Å². The molecule has 0 radical (unpaired) electrons. The Bertz CT molecular complexity index is 628. The maximum absolute atomic E-state index is 13.8.